The lowest BCUT2D eigenvalue weighted by Gasteiger charge is -2.30. The number of phenols is 2. The Bertz CT molecular complexity index is 1380. The third-order valence-electron chi connectivity index (χ3n) is 5.99. The van der Waals surface area contributed by atoms with Crippen molar-refractivity contribution < 1.29 is 29.3 Å². The molecule has 0 aliphatic carbocycles. The molecular formula is C28H28N2O6S. The number of hydrogen-bond acceptors (Lipinski definition) is 9. The highest BCUT2D eigenvalue weighted by Gasteiger charge is 2.38. The highest BCUT2D eigenvalue weighted by molar-refractivity contribution is 7.13. The number of ether oxygens (including phenoxy) is 2. The number of allylic oxidation sites excluding steroid dienone is 2. The van der Waals surface area contributed by atoms with E-state index < -0.39 is 17.9 Å². The van der Waals surface area contributed by atoms with Crippen molar-refractivity contribution in [1.29, 1.82) is 0 Å². The van der Waals surface area contributed by atoms with E-state index in [1.807, 2.05) is 29.6 Å². The third kappa shape index (κ3) is 5.22. The molecule has 1 aromatic heterocycles. The number of thiazole rings is 1. The smallest absolute Gasteiger partial charge is 0.336 e. The van der Waals surface area contributed by atoms with Gasteiger partial charge in [0.2, 0.25) is 0 Å². The molecular weight excluding hydrogens is 492 g/mol. The Morgan fingerprint density at radius 3 is 2.16 bits per heavy atom. The Balaban J connectivity index is 1.79. The van der Waals surface area contributed by atoms with Crippen LogP contribution in [-0.2, 0) is 19.1 Å². The molecule has 2 aromatic carbocycles. The van der Waals surface area contributed by atoms with E-state index in [1.54, 1.807) is 33.8 Å². The summed E-state index contributed by atoms with van der Waals surface area (Å²) >= 11 is 1.42. The first-order chi connectivity index (χ1) is 17.7. The second kappa shape index (κ2) is 10.9. The first kappa shape index (κ1) is 26.0. The average molecular weight is 521 g/mol. The molecule has 3 aromatic rings. The van der Waals surface area contributed by atoms with Crippen molar-refractivity contribution in [3.8, 4) is 33.3 Å². The number of aromatic nitrogens is 1. The van der Waals surface area contributed by atoms with E-state index in [2.05, 4.69) is 5.32 Å². The van der Waals surface area contributed by atoms with Gasteiger partial charge < -0.3 is 25.0 Å². The summed E-state index contributed by atoms with van der Waals surface area (Å²) in [5, 5.41) is 25.2. The predicted molar refractivity (Wildman–Crippen MR) is 141 cm³/mol. The highest BCUT2D eigenvalue weighted by atomic mass is 32.1. The second-order valence-electron chi connectivity index (χ2n) is 8.44. The lowest BCUT2D eigenvalue weighted by molar-refractivity contribution is -0.139. The number of phenolic OH excluding ortho intramolecular Hbond substituents is 2. The highest BCUT2D eigenvalue weighted by Crippen LogP contribution is 2.41. The third-order valence-corrected chi connectivity index (χ3v) is 6.88. The van der Waals surface area contributed by atoms with Gasteiger partial charge in [-0.15, -0.1) is 11.3 Å². The molecule has 0 unspecified atom stereocenters. The van der Waals surface area contributed by atoms with Crippen LogP contribution in [0.5, 0.6) is 11.5 Å². The Morgan fingerprint density at radius 1 is 0.919 bits per heavy atom. The number of nitrogens with one attached hydrogen (secondary N) is 1. The van der Waals surface area contributed by atoms with Crippen LogP contribution in [0.2, 0.25) is 0 Å². The fraction of sp³-hybridized carbons (Fsp3) is 0.250. The Labute approximate surface area is 218 Å². The predicted octanol–water partition coefficient (Wildman–Crippen LogP) is 5.25. The molecule has 3 N–H and O–H groups in total. The summed E-state index contributed by atoms with van der Waals surface area (Å²) in [5.41, 5.74) is 4.78. The van der Waals surface area contributed by atoms with Gasteiger partial charge in [-0.3, -0.25) is 0 Å². The van der Waals surface area contributed by atoms with Gasteiger partial charge >= 0.3 is 11.9 Å². The molecule has 2 heterocycles. The summed E-state index contributed by atoms with van der Waals surface area (Å²) < 4.78 is 10.7. The first-order valence-corrected chi connectivity index (χ1v) is 12.7. The van der Waals surface area contributed by atoms with Crippen molar-refractivity contribution in [1.82, 2.24) is 10.3 Å². The second-order valence-corrected chi connectivity index (χ2v) is 9.30. The summed E-state index contributed by atoms with van der Waals surface area (Å²) in [6.07, 6.45) is 0. The molecule has 0 radical (unpaired) electrons. The molecule has 0 saturated heterocycles. The van der Waals surface area contributed by atoms with E-state index in [-0.39, 0.29) is 24.7 Å². The Hall–Kier alpha value is -4.11. The molecule has 0 amide bonds. The van der Waals surface area contributed by atoms with Gasteiger partial charge in [-0.2, -0.15) is 0 Å². The molecule has 0 saturated carbocycles. The van der Waals surface area contributed by atoms with Crippen molar-refractivity contribution in [3.05, 3.63) is 75.9 Å². The minimum absolute atomic E-state index is 0.199. The zero-order chi connectivity index (χ0) is 26.7. The minimum atomic E-state index is -0.687. The van der Waals surface area contributed by atoms with Crippen LogP contribution in [0.15, 0.2) is 70.4 Å². The maximum absolute atomic E-state index is 13.0. The number of dihydropyridines is 1. The Kier molecular flexibility index (Phi) is 7.63. The SMILES string of the molecule is CCOC(=O)C1=C(C)NC(C)=C(C(=O)OCC)C1c1cccc(-c2nc(-c3ccc(O)c(O)c3)cs2)c1. The van der Waals surface area contributed by atoms with Crippen LogP contribution < -0.4 is 5.32 Å². The molecule has 0 bridgehead atoms. The van der Waals surface area contributed by atoms with Gasteiger partial charge in [0.1, 0.15) is 5.01 Å². The molecule has 192 valence electrons. The van der Waals surface area contributed by atoms with Crippen LogP contribution >= 0.6 is 11.3 Å². The fourth-order valence-electron chi connectivity index (χ4n) is 4.36. The zero-order valence-electron chi connectivity index (χ0n) is 21.0. The molecule has 4 rings (SSSR count). The van der Waals surface area contributed by atoms with Crippen molar-refractivity contribution in [2.45, 2.75) is 33.6 Å². The zero-order valence-corrected chi connectivity index (χ0v) is 21.8. The number of carbonyl (C=O) groups is 2. The van der Waals surface area contributed by atoms with Gasteiger partial charge in [0.25, 0.3) is 0 Å². The molecule has 9 heteroatoms. The van der Waals surface area contributed by atoms with Gasteiger partial charge in [-0.05, 0) is 57.5 Å². The quantitative estimate of drug-likeness (QED) is 0.286. The van der Waals surface area contributed by atoms with Gasteiger partial charge in [-0.1, -0.05) is 18.2 Å². The van der Waals surface area contributed by atoms with Crippen molar-refractivity contribution in [3.63, 3.8) is 0 Å². The summed E-state index contributed by atoms with van der Waals surface area (Å²) in [6.45, 7) is 7.45. The summed E-state index contributed by atoms with van der Waals surface area (Å²) in [5.74, 6) is -2.10. The van der Waals surface area contributed by atoms with Crippen LogP contribution in [0.3, 0.4) is 0 Å². The van der Waals surface area contributed by atoms with Crippen LogP contribution in [0.25, 0.3) is 21.8 Å². The van der Waals surface area contributed by atoms with Crippen LogP contribution in [0.4, 0.5) is 0 Å². The van der Waals surface area contributed by atoms with Crippen LogP contribution in [-0.4, -0.2) is 40.3 Å². The molecule has 0 spiro atoms. The van der Waals surface area contributed by atoms with Crippen LogP contribution in [0, 0.1) is 0 Å². The van der Waals surface area contributed by atoms with E-state index in [9.17, 15) is 19.8 Å². The number of rotatable bonds is 7. The summed E-state index contributed by atoms with van der Waals surface area (Å²) in [4.78, 5) is 30.8. The average Bonchev–Trinajstić information content (AvgIpc) is 3.36. The lowest BCUT2D eigenvalue weighted by Crippen LogP contribution is -2.32. The van der Waals surface area contributed by atoms with Crippen molar-refractivity contribution in [2.24, 2.45) is 0 Å². The largest absolute Gasteiger partial charge is 0.504 e. The number of hydrogen-bond donors (Lipinski definition) is 3. The van der Waals surface area contributed by atoms with E-state index in [0.717, 1.165) is 16.1 Å². The first-order valence-electron chi connectivity index (χ1n) is 11.9. The van der Waals surface area contributed by atoms with Gasteiger partial charge in [0.15, 0.2) is 11.5 Å². The topological polar surface area (TPSA) is 118 Å². The number of aromatic hydroxyl groups is 2. The van der Waals surface area contributed by atoms with Gasteiger partial charge in [-0.25, -0.2) is 14.6 Å². The number of benzene rings is 2. The van der Waals surface area contributed by atoms with E-state index in [4.69, 9.17) is 14.5 Å². The summed E-state index contributed by atoms with van der Waals surface area (Å²) in [7, 11) is 0. The number of esters is 2. The molecule has 0 fully saturated rings. The maximum Gasteiger partial charge on any atom is 0.336 e. The van der Waals surface area contributed by atoms with E-state index in [1.165, 1.54) is 23.5 Å². The van der Waals surface area contributed by atoms with Crippen LogP contribution in [0.1, 0.15) is 39.2 Å². The normalized spacial score (nSPS) is 13.9. The van der Waals surface area contributed by atoms with Crippen molar-refractivity contribution >= 4 is 23.3 Å². The molecule has 8 nitrogen and oxygen atoms in total. The van der Waals surface area contributed by atoms with Gasteiger partial charge in [0, 0.05) is 27.9 Å². The monoisotopic (exact) mass is 520 g/mol. The molecule has 0 atom stereocenters. The Morgan fingerprint density at radius 2 is 1.57 bits per heavy atom. The van der Waals surface area contributed by atoms with Gasteiger partial charge in [0.05, 0.1) is 36.0 Å². The van der Waals surface area contributed by atoms with E-state index >= 15 is 0 Å². The lowest BCUT2D eigenvalue weighted by atomic mass is 9.80. The molecule has 1 aliphatic heterocycles. The standard InChI is InChI=1S/C28H28N2O6S/c1-5-35-27(33)23-15(3)29-16(4)24(28(34)36-6-2)25(23)18-8-7-9-19(12-18)26-30-20(14-37-26)17-10-11-21(31)22(32)13-17/h7-14,25,29,31-32H,5-6H2,1-4H3. The number of nitrogens with zero attached hydrogens (tertiary/aromatic N) is 1. The maximum atomic E-state index is 13.0. The van der Waals surface area contributed by atoms with Crippen molar-refractivity contribution in [2.75, 3.05) is 13.2 Å². The minimum Gasteiger partial charge on any atom is -0.504 e. The summed E-state index contributed by atoms with van der Waals surface area (Å²) in [6, 6.07) is 12.1. The molecule has 1 aliphatic rings. The molecule has 37 heavy (non-hydrogen) atoms. The fourth-order valence-corrected chi connectivity index (χ4v) is 5.19. The van der Waals surface area contributed by atoms with E-state index in [0.29, 0.717) is 33.8 Å². The number of carbonyl (C=O) groups excluding carboxylic acids is 2.